The van der Waals surface area contributed by atoms with Crippen LogP contribution in [0.25, 0.3) is 0 Å². The van der Waals surface area contributed by atoms with Crippen LogP contribution in [0.1, 0.15) is 19.7 Å². The highest BCUT2D eigenvalue weighted by atomic mass is 32.2. The topological polar surface area (TPSA) is 288 Å². The number of aromatic nitrogens is 4. The zero-order chi connectivity index (χ0) is 33.5. The van der Waals surface area contributed by atoms with Crippen molar-refractivity contribution in [2.24, 2.45) is 12.2 Å². The Morgan fingerprint density at radius 2 is 2.00 bits per heavy atom. The van der Waals surface area contributed by atoms with Crippen molar-refractivity contribution in [3.63, 3.8) is 0 Å². The number of oxime groups is 1. The average Bonchev–Trinajstić information content (AvgIpc) is 3.51. The fraction of sp³-hybridized carbons (Fsp3) is 0.458. The standard InChI is InChI=1S/C24H30N12O8S2/c1-24(2,21(41)42)44-32-12(16-31-22(26)46-33-16)17(37)30-13-18(38)36-14(20(39)40)9(8-45-19(13)36)6-35-7-11(15(25)34(35)3)29-23(43)28-10-4-27-5-10/h7,10,13,19,25,27H,4-6,8H2,1-3H3,(H7,26,28,29,30,31,33,37,39,40,41,42,43)/b32-12-/t13-,19-/m1/s1. The summed E-state index contributed by atoms with van der Waals surface area (Å²) in [5, 5.41) is 35.5. The molecule has 9 N–H and O–H groups in total. The van der Waals surface area contributed by atoms with Crippen LogP contribution in [-0.4, -0.2) is 101 Å². The van der Waals surface area contributed by atoms with Gasteiger partial charge in [0, 0.05) is 35.9 Å². The SMILES string of the molecule is Cn1c(N)c(NC(=O)NC2CNC2)c[n+]1CC1=C(C(=O)[O-])N2C(=O)[C@@H](NC(=O)/C(=N\OC(C)(C)C(=O)O)c3nsc(N)n3)[C@H]2SC1. The van der Waals surface area contributed by atoms with Gasteiger partial charge in [0.1, 0.15) is 11.4 Å². The van der Waals surface area contributed by atoms with E-state index in [4.69, 9.17) is 16.3 Å². The van der Waals surface area contributed by atoms with E-state index in [0.717, 1.165) is 16.4 Å². The highest BCUT2D eigenvalue weighted by Crippen LogP contribution is 2.40. The molecule has 0 saturated carbocycles. The largest absolute Gasteiger partial charge is 0.543 e. The van der Waals surface area contributed by atoms with Crippen LogP contribution in [0.5, 0.6) is 0 Å². The molecule has 0 bridgehead atoms. The lowest BCUT2D eigenvalue weighted by atomic mass is 10.0. The number of thioether (sulfide) groups is 1. The number of carbonyl (C=O) groups excluding carboxylic acids is 4. The summed E-state index contributed by atoms with van der Waals surface area (Å²) < 4.78 is 7.01. The van der Waals surface area contributed by atoms with Crippen LogP contribution in [0.3, 0.4) is 0 Å². The minimum atomic E-state index is -1.82. The van der Waals surface area contributed by atoms with Gasteiger partial charge in [-0.3, -0.25) is 19.8 Å². The van der Waals surface area contributed by atoms with E-state index in [-0.39, 0.29) is 40.8 Å². The second kappa shape index (κ2) is 12.4. The summed E-state index contributed by atoms with van der Waals surface area (Å²) in [6.45, 7) is 3.72. The fourth-order valence-electron chi connectivity index (χ4n) is 4.51. The monoisotopic (exact) mass is 678 g/mol. The maximum absolute atomic E-state index is 13.3. The number of carboxylic acids is 2. The number of aliphatic carboxylic acids is 2. The molecule has 5 heterocycles. The Bertz CT molecular complexity index is 1680. The molecule has 4 amide bonds. The number of nitrogens with one attached hydrogen (secondary N) is 4. The first kappa shape index (κ1) is 32.4. The molecule has 20 nitrogen and oxygen atoms in total. The molecule has 0 aromatic carbocycles. The summed E-state index contributed by atoms with van der Waals surface area (Å²) >= 11 is 1.95. The molecule has 2 atom stereocenters. The Hall–Kier alpha value is -4.96. The van der Waals surface area contributed by atoms with Crippen LogP contribution in [0.4, 0.5) is 21.4 Å². The number of amides is 4. The van der Waals surface area contributed by atoms with Gasteiger partial charge in [0.05, 0.1) is 24.8 Å². The first-order valence-electron chi connectivity index (χ1n) is 13.6. The first-order valence-corrected chi connectivity index (χ1v) is 15.4. The third-order valence-electron chi connectivity index (χ3n) is 7.28. The van der Waals surface area contributed by atoms with Gasteiger partial charge in [-0.25, -0.2) is 9.59 Å². The van der Waals surface area contributed by atoms with Gasteiger partial charge in [0.25, 0.3) is 11.8 Å². The molecule has 0 radical (unpaired) electrons. The van der Waals surface area contributed by atoms with E-state index in [1.54, 1.807) is 17.9 Å². The summed E-state index contributed by atoms with van der Waals surface area (Å²) in [5.74, 6) is -4.58. The number of nitrogen functional groups attached to an aromatic ring is 2. The van der Waals surface area contributed by atoms with E-state index in [0.29, 0.717) is 24.4 Å². The highest BCUT2D eigenvalue weighted by molar-refractivity contribution is 8.00. The van der Waals surface area contributed by atoms with Crippen LogP contribution in [-0.2, 0) is 37.6 Å². The molecule has 3 aliphatic rings. The predicted molar refractivity (Wildman–Crippen MR) is 160 cm³/mol. The van der Waals surface area contributed by atoms with Gasteiger partial charge in [0.2, 0.25) is 23.3 Å². The zero-order valence-corrected chi connectivity index (χ0v) is 26.2. The van der Waals surface area contributed by atoms with Crippen LogP contribution >= 0.6 is 23.3 Å². The van der Waals surface area contributed by atoms with E-state index < -0.39 is 52.5 Å². The molecule has 2 aromatic rings. The number of nitrogens with zero attached hydrogens (tertiary/aromatic N) is 6. The summed E-state index contributed by atoms with van der Waals surface area (Å²) in [4.78, 5) is 72.6. The van der Waals surface area contributed by atoms with Crippen molar-refractivity contribution in [2.45, 2.75) is 43.5 Å². The number of hydrogen-bond acceptors (Lipinski definition) is 15. The molecule has 2 saturated heterocycles. The normalized spacial score (nSPS) is 19.9. The highest BCUT2D eigenvalue weighted by Gasteiger charge is 2.53. The van der Waals surface area contributed by atoms with Crippen LogP contribution < -0.4 is 42.5 Å². The molecule has 22 heteroatoms. The van der Waals surface area contributed by atoms with Crippen LogP contribution in [0.2, 0.25) is 0 Å². The molecule has 2 aromatic heterocycles. The minimum Gasteiger partial charge on any atom is -0.543 e. The van der Waals surface area contributed by atoms with Gasteiger partial charge in [-0.2, -0.15) is 9.36 Å². The van der Waals surface area contributed by atoms with Crippen LogP contribution in [0, 0.1) is 0 Å². The van der Waals surface area contributed by atoms with Crippen LogP contribution in [0.15, 0.2) is 22.6 Å². The lowest BCUT2D eigenvalue weighted by Crippen LogP contribution is -2.71. The maximum atomic E-state index is 13.3. The van der Waals surface area contributed by atoms with Crippen molar-refractivity contribution in [1.29, 1.82) is 0 Å². The predicted octanol–water partition coefficient (Wildman–Crippen LogP) is -3.89. The lowest BCUT2D eigenvalue weighted by molar-refractivity contribution is -0.765. The number of urea groups is 1. The molecule has 0 spiro atoms. The zero-order valence-electron chi connectivity index (χ0n) is 24.6. The molecular weight excluding hydrogens is 648 g/mol. The van der Waals surface area contributed by atoms with Crippen molar-refractivity contribution >= 4 is 75.4 Å². The first-order chi connectivity index (χ1) is 21.7. The van der Waals surface area contributed by atoms with Crippen molar-refractivity contribution in [2.75, 3.05) is 35.6 Å². The summed E-state index contributed by atoms with van der Waals surface area (Å²) in [5.41, 5.74) is 9.72. The molecule has 0 unspecified atom stereocenters. The number of nitrogens with two attached hydrogens (primary N) is 2. The number of anilines is 3. The molecule has 246 valence electrons. The molecule has 0 aliphatic carbocycles. The number of fused-ring (bicyclic) bond motifs is 1. The van der Waals surface area contributed by atoms with E-state index in [1.165, 1.54) is 30.3 Å². The quantitative estimate of drug-likeness (QED) is 0.0518. The molecule has 2 fully saturated rings. The third-order valence-corrected chi connectivity index (χ3v) is 9.16. The van der Waals surface area contributed by atoms with E-state index in [9.17, 15) is 34.2 Å². The summed E-state index contributed by atoms with van der Waals surface area (Å²) in [6.07, 6.45) is 1.54. The smallest absolute Gasteiger partial charge is 0.350 e. The van der Waals surface area contributed by atoms with E-state index >= 15 is 0 Å². The number of rotatable bonds is 11. The van der Waals surface area contributed by atoms with Crippen molar-refractivity contribution < 1.29 is 43.7 Å². The minimum absolute atomic E-state index is 0.00165. The Morgan fingerprint density at radius 3 is 2.59 bits per heavy atom. The van der Waals surface area contributed by atoms with Gasteiger partial charge in [-0.05, 0) is 13.8 Å². The molecular formula is C24H30N12O8S2. The summed E-state index contributed by atoms with van der Waals surface area (Å²) in [6, 6.07) is -1.62. The Morgan fingerprint density at radius 1 is 1.28 bits per heavy atom. The van der Waals surface area contributed by atoms with Crippen molar-refractivity contribution in [1.82, 2.24) is 34.9 Å². The van der Waals surface area contributed by atoms with Gasteiger partial charge >= 0.3 is 12.0 Å². The van der Waals surface area contributed by atoms with Gasteiger partial charge in [-0.1, -0.05) is 5.16 Å². The Labute approximate surface area is 268 Å². The van der Waals surface area contributed by atoms with E-state index in [2.05, 4.69) is 35.8 Å². The molecule has 5 rings (SSSR count). The lowest BCUT2D eigenvalue weighted by Gasteiger charge is -2.50. The van der Waals surface area contributed by atoms with Crippen molar-refractivity contribution in [3.05, 3.63) is 23.3 Å². The third kappa shape index (κ3) is 6.25. The van der Waals surface area contributed by atoms with Gasteiger partial charge in [-0.15, -0.1) is 21.1 Å². The molecule has 46 heavy (non-hydrogen) atoms. The molecule has 3 aliphatic heterocycles. The average molecular weight is 679 g/mol. The Balaban J connectivity index is 1.32. The number of β-lactam (4-membered cyclic amide) rings is 1. The number of carbonyl (C=O) groups is 5. The number of hydrogen-bond donors (Lipinski definition) is 7. The van der Waals surface area contributed by atoms with Crippen molar-refractivity contribution in [3.8, 4) is 0 Å². The second-order valence-electron chi connectivity index (χ2n) is 10.9. The second-order valence-corrected chi connectivity index (χ2v) is 12.8. The van der Waals surface area contributed by atoms with E-state index in [1.807, 2.05) is 0 Å². The maximum Gasteiger partial charge on any atom is 0.350 e. The van der Waals surface area contributed by atoms with Gasteiger partial charge in [0.15, 0.2) is 23.2 Å². The fourth-order valence-corrected chi connectivity index (χ4v) is 6.28. The summed E-state index contributed by atoms with van der Waals surface area (Å²) in [7, 11) is 1.62. The van der Waals surface area contributed by atoms with Gasteiger partial charge < -0.3 is 47.3 Å². The Kier molecular flexibility index (Phi) is 8.77. The number of carboxylic acid groups (broad SMARTS) is 2.